The highest BCUT2D eigenvalue weighted by atomic mass is 32.2. The molecule has 28 heavy (non-hydrogen) atoms. The Morgan fingerprint density at radius 3 is 2.57 bits per heavy atom. The average Bonchev–Trinajstić information content (AvgIpc) is 3.10. The van der Waals surface area contributed by atoms with E-state index in [1.165, 1.54) is 15.8 Å². The van der Waals surface area contributed by atoms with Crippen molar-refractivity contribution in [3.8, 4) is 11.3 Å². The normalized spacial score (nSPS) is 10.9. The first-order valence-electron chi connectivity index (χ1n) is 9.36. The highest BCUT2D eigenvalue weighted by Crippen LogP contribution is 2.37. The molecule has 4 aromatic rings. The fraction of sp³-hybridized carbons (Fsp3) is 0.125. The first-order chi connectivity index (χ1) is 13.7. The van der Waals surface area contributed by atoms with Gasteiger partial charge in [-0.3, -0.25) is 4.79 Å². The van der Waals surface area contributed by atoms with E-state index in [-0.39, 0.29) is 5.91 Å². The predicted octanol–water partition coefficient (Wildman–Crippen LogP) is 5.67. The van der Waals surface area contributed by atoms with Gasteiger partial charge in [-0.1, -0.05) is 66.2 Å². The van der Waals surface area contributed by atoms with Crippen molar-refractivity contribution in [2.45, 2.75) is 11.8 Å². The van der Waals surface area contributed by atoms with Gasteiger partial charge in [-0.15, -0.1) is 11.8 Å². The lowest BCUT2D eigenvalue weighted by Crippen LogP contribution is -2.25. The number of nitrogens with one attached hydrogen (secondary N) is 2. The van der Waals surface area contributed by atoms with Gasteiger partial charge in [0.15, 0.2) is 0 Å². The van der Waals surface area contributed by atoms with Crippen LogP contribution in [0.4, 0.5) is 0 Å². The number of carbonyl (C=O) groups is 1. The Balaban J connectivity index is 1.48. The maximum absolute atomic E-state index is 12.3. The van der Waals surface area contributed by atoms with Gasteiger partial charge in [0.2, 0.25) is 0 Å². The van der Waals surface area contributed by atoms with E-state index in [4.69, 9.17) is 0 Å². The number of para-hydroxylation sites is 1. The van der Waals surface area contributed by atoms with Gasteiger partial charge in [0.05, 0.1) is 5.69 Å². The second-order valence-corrected chi connectivity index (χ2v) is 7.82. The van der Waals surface area contributed by atoms with E-state index < -0.39 is 0 Å². The third-order valence-electron chi connectivity index (χ3n) is 4.64. The van der Waals surface area contributed by atoms with Gasteiger partial charge in [0.25, 0.3) is 5.91 Å². The van der Waals surface area contributed by atoms with Gasteiger partial charge in [-0.2, -0.15) is 0 Å². The number of aryl methyl sites for hydroxylation is 1. The van der Waals surface area contributed by atoms with Crippen molar-refractivity contribution in [2.24, 2.45) is 0 Å². The van der Waals surface area contributed by atoms with Crippen molar-refractivity contribution in [1.29, 1.82) is 0 Å². The van der Waals surface area contributed by atoms with Gasteiger partial charge in [0, 0.05) is 33.7 Å². The second kappa shape index (κ2) is 8.36. The Labute approximate surface area is 169 Å². The summed E-state index contributed by atoms with van der Waals surface area (Å²) in [5, 5.41) is 4.24. The first kappa shape index (κ1) is 18.4. The van der Waals surface area contributed by atoms with Crippen molar-refractivity contribution < 1.29 is 4.79 Å². The molecule has 0 atom stereocenters. The quantitative estimate of drug-likeness (QED) is 0.331. The van der Waals surface area contributed by atoms with Crippen LogP contribution in [-0.4, -0.2) is 23.2 Å². The Bertz CT molecular complexity index is 1100. The fourth-order valence-electron chi connectivity index (χ4n) is 3.28. The monoisotopic (exact) mass is 386 g/mol. The molecule has 2 N–H and O–H groups in total. The molecule has 3 aromatic carbocycles. The number of aromatic amines is 1. The van der Waals surface area contributed by atoms with Crippen molar-refractivity contribution in [3.63, 3.8) is 0 Å². The number of benzene rings is 3. The van der Waals surface area contributed by atoms with Gasteiger partial charge in [0.1, 0.15) is 0 Å². The summed E-state index contributed by atoms with van der Waals surface area (Å²) < 4.78 is 0. The van der Waals surface area contributed by atoms with Crippen LogP contribution in [-0.2, 0) is 0 Å². The molecule has 1 heterocycles. The largest absolute Gasteiger partial charge is 0.354 e. The highest BCUT2D eigenvalue weighted by Gasteiger charge is 2.13. The molecule has 3 nitrogen and oxygen atoms in total. The van der Waals surface area contributed by atoms with Gasteiger partial charge >= 0.3 is 0 Å². The molecule has 4 heteroatoms. The molecule has 4 rings (SSSR count). The number of amides is 1. The summed E-state index contributed by atoms with van der Waals surface area (Å²) >= 11 is 1.77. The molecule has 140 valence electrons. The lowest BCUT2D eigenvalue weighted by atomic mass is 10.1. The molecular formula is C24H22N2OS. The van der Waals surface area contributed by atoms with Gasteiger partial charge in [-0.05, 0) is 30.7 Å². The van der Waals surface area contributed by atoms with E-state index >= 15 is 0 Å². The molecule has 0 spiro atoms. The summed E-state index contributed by atoms with van der Waals surface area (Å²) in [4.78, 5) is 17.1. The molecular weight excluding hydrogens is 364 g/mol. The molecule has 0 radical (unpaired) electrons. The molecule has 0 bridgehead atoms. The predicted molar refractivity (Wildman–Crippen MR) is 118 cm³/mol. The summed E-state index contributed by atoms with van der Waals surface area (Å²) in [6.45, 7) is 2.61. The molecule has 0 saturated carbocycles. The zero-order chi connectivity index (χ0) is 19.3. The fourth-order valence-corrected chi connectivity index (χ4v) is 4.34. The van der Waals surface area contributed by atoms with Crippen molar-refractivity contribution in [2.75, 3.05) is 12.3 Å². The van der Waals surface area contributed by atoms with Crippen LogP contribution in [0.15, 0.2) is 83.8 Å². The van der Waals surface area contributed by atoms with Crippen LogP contribution in [0.25, 0.3) is 22.2 Å². The molecule has 0 unspecified atom stereocenters. The van der Waals surface area contributed by atoms with Gasteiger partial charge in [-0.25, -0.2) is 0 Å². The third kappa shape index (κ3) is 3.97. The maximum Gasteiger partial charge on any atom is 0.251 e. The molecule has 0 aliphatic rings. The molecule has 1 amide bonds. The minimum atomic E-state index is -0.0218. The summed E-state index contributed by atoms with van der Waals surface area (Å²) in [5.74, 6) is 0.783. The SMILES string of the molecule is Cc1cccc(C(=O)NCCSc2c(-c3ccccc3)[nH]c3ccccc23)c1. The molecule has 0 fully saturated rings. The number of aromatic nitrogens is 1. The van der Waals surface area contributed by atoms with Crippen LogP contribution >= 0.6 is 11.8 Å². The number of fused-ring (bicyclic) bond motifs is 1. The molecule has 0 aliphatic heterocycles. The lowest BCUT2D eigenvalue weighted by Gasteiger charge is -2.07. The Kier molecular flexibility index (Phi) is 5.49. The minimum absolute atomic E-state index is 0.0218. The van der Waals surface area contributed by atoms with E-state index in [0.717, 1.165) is 22.5 Å². The molecule has 0 aliphatic carbocycles. The number of thioether (sulfide) groups is 1. The third-order valence-corrected chi connectivity index (χ3v) is 5.76. The van der Waals surface area contributed by atoms with E-state index in [2.05, 4.69) is 52.8 Å². The maximum atomic E-state index is 12.3. The number of hydrogen-bond donors (Lipinski definition) is 2. The van der Waals surface area contributed by atoms with Crippen LogP contribution in [0.1, 0.15) is 15.9 Å². The number of carbonyl (C=O) groups excluding carboxylic acids is 1. The first-order valence-corrected chi connectivity index (χ1v) is 10.3. The summed E-state index contributed by atoms with van der Waals surface area (Å²) in [6, 6.07) is 26.4. The standard InChI is InChI=1S/C24H22N2OS/c1-17-8-7-11-19(16-17)24(27)25-14-15-28-23-20-12-5-6-13-21(20)26-22(23)18-9-3-2-4-10-18/h2-13,16,26H,14-15H2,1H3,(H,25,27). The van der Waals surface area contributed by atoms with E-state index in [1.54, 1.807) is 11.8 Å². The van der Waals surface area contributed by atoms with Crippen molar-refractivity contribution in [3.05, 3.63) is 90.0 Å². The van der Waals surface area contributed by atoms with E-state index in [0.29, 0.717) is 12.1 Å². The van der Waals surface area contributed by atoms with Crippen LogP contribution in [0, 0.1) is 6.92 Å². The van der Waals surface area contributed by atoms with Crippen LogP contribution in [0.2, 0.25) is 0 Å². The zero-order valence-corrected chi connectivity index (χ0v) is 16.6. The van der Waals surface area contributed by atoms with E-state index in [1.807, 2.05) is 43.3 Å². The number of hydrogen-bond acceptors (Lipinski definition) is 2. The zero-order valence-electron chi connectivity index (χ0n) is 15.7. The van der Waals surface area contributed by atoms with Crippen LogP contribution in [0.3, 0.4) is 0 Å². The van der Waals surface area contributed by atoms with Crippen LogP contribution in [0.5, 0.6) is 0 Å². The summed E-state index contributed by atoms with van der Waals surface area (Å²) in [6.07, 6.45) is 0. The second-order valence-electron chi connectivity index (χ2n) is 6.71. The van der Waals surface area contributed by atoms with Crippen molar-refractivity contribution >= 4 is 28.6 Å². The van der Waals surface area contributed by atoms with Crippen LogP contribution < -0.4 is 5.32 Å². The minimum Gasteiger partial charge on any atom is -0.354 e. The highest BCUT2D eigenvalue weighted by molar-refractivity contribution is 7.99. The molecule has 0 saturated heterocycles. The summed E-state index contributed by atoms with van der Waals surface area (Å²) in [7, 11) is 0. The Morgan fingerprint density at radius 1 is 0.964 bits per heavy atom. The lowest BCUT2D eigenvalue weighted by molar-refractivity contribution is 0.0956. The topological polar surface area (TPSA) is 44.9 Å². The Morgan fingerprint density at radius 2 is 1.75 bits per heavy atom. The van der Waals surface area contributed by atoms with Crippen molar-refractivity contribution in [1.82, 2.24) is 10.3 Å². The number of rotatable bonds is 6. The average molecular weight is 387 g/mol. The van der Waals surface area contributed by atoms with E-state index in [9.17, 15) is 4.79 Å². The Hall–Kier alpha value is -2.98. The van der Waals surface area contributed by atoms with Gasteiger partial charge < -0.3 is 10.3 Å². The smallest absolute Gasteiger partial charge is 0.251 e. The summed E-state index contributed by atoms with van der Waals surface area (Å²) in [5.41, 5.74) is 5.24. The number of H-pyrrole nitrogens is 1. The molecule has 1 aromatic heterocycles.